The predicted octanol–water partition coefficient (Wildman–Crippen LogP) is 1.32. The Kier molecular flexibility index (Phi) is 1.92. The lowest BCUT2D eigenvalue weighted by Crippen LogP contribution is -2.17. The molecule has 6 heteroatoms. The first-order valence-corrected chi connectivity index (χ1v) is 4.23. The van der Waals surface area contributed by atoms with Crippen LogP contribution in [-0.4, -0.2) is 22.8 Å². The van der Waals surface area contributed by atoms with Gasteiger partial charge >= 0.3 is 5.69 Å². The van der Waals surface area contributed by atoms with E-state index in [0.717, 1.165) is 12.1 Å². The number of rotatable bonds is 1. The Labute approximate surface area is 84.3 Å². The number of nitro benzene ring substituents is 1. The van der Waals surface area contributed by atoms with E-state index >= 15 is 0 Å². The molecule has 1 aromatic rings. The van der Waals surface area contributed by atoms with Gasteiger partial charge in [0.05, 0.1) is 10.5 Å². The molecule has 0 radical (unpaired) electrons. The molecule has 1 aliphatic rings. The summed E-state index contributed by atoms with van der Waals surface area (Å²) in [4.78, 5) is 22.5. The molecule has 1 heterocycles. The largest absolute Gasteiger partial charge is 0.337 e. The van der Waals surface area contributed by atoms with E-state index in [1.807, 2.05) is 0 Å². The fourth-order valence-electron chi connectivity index (χ4n) is 1.61. The lowest BCUT2D eigenvalue weighted by atomic mass is 10.1. The second-order valence-corrected chi connectivity index (χ2v) is 3.38. The maximum absolute atomic E-state index is 13.2. The van der Waals surface area contributed by atoms with Gasteiger partial charge in [0.25, 0.3) is 5.91 Å². The van der Waals surface area contributed by atoms with Crippen molar-refractivity contribution < 1.29 is 14.1 Å². The lowest BCUT2D eigenvalue weighted by molar-refractivity contribution is -0.387. The van der Waals surface area contributed by atoms with Gasteiger partial charge in [-0.25, -0.2) is 0 Å². The molecule has 0 atom stereocenters. The van der Waals surface area contributed by atoms with Crippen molar-refractivity contribution in [3.05, 3.63) is 39.2 Å². The second kappa shape index (κ2) is 3.01. The first kappa shape index (κ1) is 9.57. The number of carbonyl (C=O) groups is 1. The van der Waals surface area contributed by atoms with E-state index in [1.165, 1.54) is 4.90 Å². The van der Waals surface area contributed by atoms with E-state index in [-0.39, 0.29) is 11.5 Å². The summed E-state index contributed by atoms with van der Waals surface area (Å²) in [5.74, 6) is -1.21. The number of benzene rings is 1. The monoisotopic (exact) mass is 210 g/mol. The van der Waals surface area contributed by atoms with E-state index in [0.29, 0.717) is 12.1 Å². The molecule has 0 fully saturated rings. The summed E-state index contributed by atoms with van der Waals surface area (Å²) >= 11 is 0. The van der Waals surface area contributed by atoms with Crippen LogP contribution in [0, 0.1) is 15.9 Å². The number of hydrogen-bond acceptors (Lipinski definition) is 3. The predicted molar refractivity (Wildman–Crippen MR) is 48.9 cm³/mol. The number of fused-ring (bicyclic) bond motifs is 1. The molecule has 0 bridgehead atoms. The number of nitro groups is 1. The Bertz CT molecular complexity index is 473. The number of amides is 1. The maximum Gasteiger partial charge on any atom is 0.305 e. The fraction of sp³-hybridized carbons (Fsp3) is 0.222. The molecule has 78 valence electrons. The summed E-state index contributed by atoms with van der Waals surface area (Å²) in [6.07, 6.45) is 0. The van der Waals surface area contributed by atoms with E-state index in [4.69, 9.17) is 0 Å². The van der Waals surface area contributed by atoms with Crippen molar-refractivity contribution in [2.75, 3.05) is 7.05 Å². The van der Waals surface area contributed by atoms with Crippen molar-refractivity contribution in [2.24, 2.45) is 0 Å². The van der Waals surface area contributed by atoms with Crippen LogP contribution in [0.2, 0.25) is 0 Å². The second-order valence-electron chi connectivity index (χ2n) is 3.38. The van der Waals surface area contributed by atoms with Crippen LogP contribution in [-0.2, 0) is 6.54 Å². The number of halogens is 1. The zero-order valence-electron chi connectivity index (χ0n) is 7.86. The van der Waals surface area contributed by atoms with Crippen LogP contribution >= 0.6 is 0 Å². The molecular weight excluding hydrogens is 203 g/mol. The smallest absolute Gasteiger partial charge is 0.305 e. The Morgan fingerprint density at radius 3 is 2.80 bits per heavy atom. The SMILES string of the molecule is CN1Cc2cc(F)c([N+](=O)[O-])cc2C1=O. The van der Waals surface area contributed by atoms with Crippen LogP contribution in [0.15, 0.2) is 12.1 Å². The highest BCUT2D eigenvalue weighted by atomic mass is 19.1. The van der Waals surface area contributed by atoms with Gasteiger partial charge in [-0.3, -0.25) is 14.9 Å². The Balaban J connectivity index is 2.60. The van der Waals surface area contributed by atoms with Crippen molar-refractivity contribution in [3.8, 4) is 0 Å². The lowest BCUT2D eigenvalue weighted by Gasteiger charge is -2.04. The van der Waals surface area contributed by atoms with Gasteiger partial charge < -0.3 is 4.90 Å². The summed E-state index contributed by atoms with van der Waals surface area (Å²) < 4.78 is 13.2. The molecule has 0 saturated heterocycles. The minimum atomic E-state index is -0.901. The highest BCUT2D eigenvalue weighted by Crippen LogP contribution is 2.28. The average Bonchev–Trinajstić information content (AvgIpc) is 2.41. The summed E-state index contributed by atoms with van der Waals surface area (Å²) in [6.45, 7) is 0.295. The van der Waals surface area contributed by atoms with E-state index in [1.54, 1.807) is 7.05 Å². The molecule has 0 unspecified atom stereocenters. The molecule has 0 N–H and O–H groups in total. The summed E-state index contributed by atoms with van der Waals surface area (Å²) in [6, 6.07) is 2.05. The molecule has 0 saturated carbocycles. The first-order chi connectivity index (χ1) is 7.00. The summed E-state index contributed by atoms with van der Waals surface area (Å²) in [5, 5.41) is 10.5. The van der Waals surface area contributed by atoms with Gasteiger partial charge in [0.2, 0.25) is 5.82 Å². The topological polar surface area (TPSA) is 63.4 Å². The minimum absolute atomic E-state index is 0.214. The van der Waals surface area contributed by atoms with Gasteiger partial charge in [-0.05, 0) is 11.6 Å². The minimum Gasteiger partial charge on any atom is -0.337 e. The third-order valence-corrected chi connectivity index (χ3v) is 2.35. The zero-order chi connectivity index (χ0) is 11.2. The number of carbonyl (C=O) groups excluding carboxylic acids is 1. The summed E-state index contributed by atoms with van der Waals surface area (Å²) in [5.41, 5.74) is 0.0496. The van der Waals surface area contributed by atoms with Gasteiger partial charge in [0.1, 0.15) is 0 Å². The molecule has 0 aliphatic carbocycles. The molecule has 0 spiro atoms. The first-order valence-electron chi connectivity index (χ1n) is 4.23. The van der Waals surface area contributed by atoms with Crippen molar-refractivity contribution in [3.63, 3.8) is 0 Å². The van der Waals surface area contributed by atoms with Gasteiger partial charge in [-0.2, -0.15) is 4.39 Å². The highest BCUT2D eigenvalue weighted by Gasteiger charge is 2.29. The van der Waals surface area contributed by atoms with Crippen molar-refractivity contribution >= 4 is 11.6 Å². The normalized spacial score (nSPS) is 14.3. The van der Waals surface area contributed by atoms with Crippen LogP contribution in [0.4, 0.5) is 10.1 Å². The quantitative estimate of drug-likeness (QED) is 0.518. The van der Waals surface area contributed by atoms with Crippen molar-refractivity contribution in [1.29, 1.82) is 0 Å². The Hall–Kier alpha value is -1.98. The Morgan fingerprint density at radius 1 is 1.53 bits per heavy atom. The summed E-state index contributed by atoms with van der Waals surface area (Å²) in [7, 11) is 1.56. The maximum atomic E-state index is 13.2. The molecule has 2 rings (SSSR count). The molecule has 1 aliphatic heterocycles. The van der Waals surface area contributed by atoms with Crippen LogP contribution in [0.25, 0.3) is 0 Å². The van der Waals surface area contributed by atoms with Crippen LogP contribution in [0.1, 0.15) is 15.9 Å². The van der Waals surface area contributed by atoms with E-state index in [9.17, 15) is 19.3 Å². The van der Waals surface area contributed by atoms with Crippen LogP contribution in [0.3, 0.4) is 0 Å². The zero-order valence-corrected chi connectivity index (χ0v) is 7.86. The van der Waals surface area contributed by atoms with Gasteiger partial charge in [-0.1, -0.05) is 0 Å². The molecule has 1 amide bonds. The highest BCUT2D eigenvalue weighted by molar-refractivity contribution is 5.98. The molecule has 0 aromatic heterocycles. The fourth-order valence-corrected chi connectivity index (χ4v) is 1.61. The van der Waals surface area contributed by atoms with Gasteiger partial charge in [-0.15, -0.1) is 0 Å². The Morgan fingerprint density at radius 2 is 2.20 bits per heavy atom. The molecule has 5 nitrogen and oxygen atoms in total. The third-order valence-electron chi connectivity index (χ3n) is 2.35. The van der Waals surface area contributed by atoms with Crippen molar-refractivity contribution in [2.45, 2.75) is 6.54 Å². The van der Waals surface area contributed by atoms with Crippen LogP contribution in [0.5, 0.6) is 0 Å². The molecular formula is C9H7FN2O3. The third kappa shape index (κ3) is 1.34. The molecule has 1 aromatic carbocycles. The number of nitrogens with zero attached hydrogens (tertiary/aromatic N) is 2. The standard InChI is InChI=1S/C9H7FN2O3/c1-11-4-5-2-7(10)8(12(14)15)3-6(5)9(11)13/h2-3H,4H2,1H3. The van der Waals surface area contributed by atoms with Gasteiger partial charge in [0, 0.05) is 19.7 Å². The van der Waals surface area contributed by atoms with Gasteiger partial charge in [0.15, 0.2) is 0 Å². The molecule has 15 heavy (non-hydrogen) atoms. The average molecular weight is 210 g/mol. The van der Waals surface area contributed by atoms with Crippen molar-refractivity contribution in [1.82, 2.24) is 4.90 Å². The van der Waals surface area contributed by atoms with Crippen LogP contribution < -0.4 is 0 Å². The van der Waals surface area contributed by atoms with E-state index in [2.05, 4.69) is 0 Å². The number of hydrogen-bond donors (Lipinski definition) is 0. The van der Waals surface area contributed by atoms with E-state index < -0.39 is 16.4 Å².